The molecule has 0 saturated carbocycles. The largest absolute Gasteiger partial charge is 0.454 e. The van der Waals surface area contributed by atoms with Crippen LogP contribution in [0.25, 0.3) is 0 Å². The minimum Gasteiger partial charge on any atom is -0.454 e. The van der Waals surface area contributed by atoms with Crippen molar-refractivity contribution in [3.8, 4) is 11.5 Å². The van der Waals surface area contributed by atoms with Gasteiger partial charge in [0.15, 0.2) is 17.5 Å². The van der Waals surface area contributed by atoms with E-state index in [0.29, 0.717) is 41.2 Å². The van der Waals surface area contributed by atoms with Gasteiger partial charge in [-0.25, -0.2) is 0 Å². The first-order chi connectivity index (χ1) is 10.2. The van der Waals surface area contributed by atoms with Gasteiger partial charge in [-0.3, -0.25) is 15.1 Å². The number of hydrogen-bond acceptors (Lipinski definition) is 5. The molecule has 2 aliphatic heterocycles. The van der Waals surface area contributed by atoms with Gasteiger partial charge in [0, 0.05) is 7.11 Å². The number of rotatable bonds is 4. The molecule has 0 bridgehead atoms. The van der Waals surface area contributed by atoms with Gasteiger partial charge < -0.3 is 19.5 Å². The molecule has 1 fully saturated rings. The van der Waals surface area contributed by atoms with Gasteiger partial charge in [-0.1, -0.05) is 11.6 Å². The number of aliphatic imine (C=N–C) groups is 1. The Bertz CT molecular complexity index is 605. The summed E-state index contributed by atoms with van der Waals surface area (Å²) in [5, 5.41) is 6.11. The van der Waals surface area contributed by atoms with E-state index in [-0.39, 0.29) is 12.7 Å². The van der Waals surface area contributed by atoms with Crippen LogP contribution >= 0.6 is 11.6 Å². The molecular weight excluding hydrogens is 298 g/mol. The van der Waals surface area contributed by atoms with Gasteiger partial charge in [-0.2, -0.15) is 0 Å². The fraction of sp³-hybridized carbons (Fsp3) is 0.385. The lowest BCUT2D eigenvalue weighted by Gasteiger charge is -2.10. The van der Waals surface area contributed by atoms with Crippen LogP contribution in [0.3, 0.4) is 0 Å². The maximum atomic E-state index is 12.0. The fourth-order valence-corrected chi connectivity index (χ4v) is 2.42. The van der Waals surface area contributed by atoms with E-state index in [1.54, 1.807) is 19.2 Å². The molecule has 112 valence electrons. The van der Waals surface area contributed by atoms with Gasteiger partial charge in [0.05, 0.1) is 18.2 Å². The van der Waals surface area contributed by atoms with E-state index in [1.807, 2.05) is 0 Å². The zero-order valence-corrected chi connectivity index (χ0v) is 12.1. The lowest BCUT2D eigenvalue weighted by Crippen LogP contribution is -2.26. The van der Waals surface area contributed by atoms with Crippen LogP contribution in [-0.2, 0) is 9.53 Å². The summed E-state index contributed by atoms with van der Waals surface area (Å²) in [5.74, 6) is 1.28. The van der Waals surface area contributed by atoms with Crippen LogP contribution in [0.15, 0.2) is 17.1 Å². The van der Waals surface area contributed by atoms with E-state index in [4.69, 9.17) is 25.8 Å². The van der Waals surface area contributed by atoms with Crippen molar-refractivity contribution in [1.29, 1.82) is 0 Å². The van der Waals surface area contributed by atoms with Gasteiger partial charge in [0.25, 0.3) is 5.91 Å². The molecule has 0 aliphatic carbocycles. The normalized spacial score (nSPS) is 21.5. The van der Waals surface area contributed by atoms with Crippen molar-refractivity contribution in [1.82, 2.24) is 10.6 Å². The second-order valence-electron chi connectivity index (χ2n) is 4.53. The molecule has 3 rings (SSSR count). The molecule has 21 heavy (non-hydrogen) atoms. The number of methoxy groups -OCH3 is 1. The fourth-order valence-electron chi connectivity index (χ4n) is 2.15. The first-order valence-electron chi connectivity index (χ1n) is 6.39. The highest BCUT2D eigenvalue weighted by Crippen LogP contribution is 2.41. The lowest BCUT2D eigenvalue weighted by molar-refractivity contribution is -0.120. The van der Waals surface area contributed by atoms with Crippen LogP contribution in [0.2, 0.25) is 5.02 Å². The van der Waals surface area contributed by atoms with Crippen molar-refractivity contribution in [2.45, 2.75) is 6.04 Å². The van der Waals surface area contributed by atoms with E-state index < -0.39 is 6.04 Å². The zero-order valence-electron chi connectivity index (χ0n) is 11.3. The third kappa shape index (κ3) is 2.74. The van der Waals surface area contributed by atoms with Crippen LogP contribution in [-0.4, -0.2) is 38.9 Å². The number of hydrogen-bond donors (Lipinski definition) is 2. The van der Waals surface area contributed by atoms with Crippen molar-refractivity contribution in [3.05, 3.63) is 22.7 Å². The van der Waals surface area contributed by atoms with Crippen molar-refractivity contribution >= 4 is 23.5 Å². The molecule has 1 aromatic carbocycles. The van der Waals surface area contributed by atoms with Gasteiger partial charge in [-0.15, -0.1) is 0 Å². The molecule has 1 unspecified atom stereocenters. The monoisotopic (exact) mass is 311 g/mol. The summed E-state index contributed by atoms with van der Waals surface area (Å²) >= 11 is 6.13. The average Bonchev–Trinajstić information content (AvgIpc) is 3.06. The van der Waals surface area contributed by atoms with Crippen molar-refractivity contribution < 1.29 is 19.0 Å². The Morgan fingerprint density at radius 2 is 2.33 bits per heavy atom. The summed E-state index contributed by atoms with van der Waals surface area (Å²) in [6.07, 6.45) is 0. The van der Waals surface area contributed by atoms with Gasteiger partial charge in [-0.05, 0) is 17.7 Å². The highest BCUT2D eigenvalue weighted by molar-refractivity contribution is 6.32. The van der Waals surface area contributed by atoms with E-state index in [9.17, 15) is 4.79 Å². The Kier molecular flexibility index (Phi) is 3.85. The predicted octanol–water partition coefficient (Wildman–Crippen LogP) is 0.832. The molecule has 0 aromatic heterocycles. The molecule has 8 heteroatoms. The average molecular weight is 312 g/mol. The molecule has 2 N–H and O–H groups in total. The van der Waals surface area contributed by atoms with E-state index in [0.717, 1.165) is 0 Å². The Balaban J connectivity index is 1.80. The standard InChI is InChI=1S/C13H14ClN3O4/c1-19-3-2-15-13-16-10(12(18)17-13)7-4-8(14)11-9(5-7)20-6-21-11/h4-5,10H,2-3,6H2,1H3,(H2,15,16,17,18). The number of nitrogens with zero attached hydrogens (tertiary/aromatic N) is 1. The van der Waals surface area contributed by atoms with Gasteiger partial charge in [0.1, 0.15) is 6.04 Å². The van der Waals surface area contributed by atoms with E-state index >= 15 is 0 Å². The Morgan fingerprint density at radius 1 is 1.48 bits per heavy atom. The van der Waals surface area contributed by atoms with Crippen LogP contribution in [0.4, 0.5) is 0 Å². The number of halogens is 1. The van der Waals surface area contributed by atoms with E-state index in [1.165, 1.54) is 0 Å². The van der Waals surface area contributed by atoms with Crippen LogP contribution in [0.5, 0.6) is 11.5 Å². The van der Waals surface area contributed by atoms with Crippen molar-refractivity contribution in [2.24, 2.45) is 4.99 Å². The van der Waals surface area contributed by atoms with Gasteiger partial charge in [0.2, 0.25) is 6.79 Å². The Labute approximate surface area is 126 Å². The van der Waals surface area contributed by atoms with Crippen molar-refractivity contribution in [2.75, 3.05) is 27.1 Å². The minimum atomic E-state index is -0.557. The number of nitrogens with one attached hydrogen (secondary N) is 2. The number of fused-ring (bicyclic) bond motifs is 1. The SMILES string of the molecule is COCCN=C1NC(=O)C(c2cc(Cl)c3c(c2)OCO3)N1. The molecule has 2 heterocycles. The first-order valence-corrected chi connectivity index (χ1v) is 6.76. The molecule has 0 radical (unpaired) electrons. The number of amides is 1. The summed E-state index contributed by atoms with van der Waals surface area (Å²) in [6, 6.07) is 2.87. The third-order valence-electron chi connectivity index (χ3n) is 3.13. The molecule has 1 aromatic rings. The zero-order chi connectivity index (χ0) is 14.8. The lowest BCUT2D eigenvalue weighted by atomic mass is 10.1. The smallest absolute Gasteiger partial charge is 0.253 e. The maximum absolute atomic E-state index is 12.0. The number of carbonyl (C=O) groups excluding carboxylic acids is 1. The number of guanidine groups is 1. The number of carbonyl (C=O) groups is 1. The van der Waals surface area contributed by atoms with Crippen LogP contribution in [0.1, 0.15) is 11.6 Å². The summed E-state index contributed by atoms with van der Waals surface area (Å²) in [5.41, 5.74) is 0.693. The van der Waals surface area contributed by atoms with Gasteiger partial charge >= 0.3 is 0 Å². The minimum absolute atomic E-state index is 0.131. The second kappa shape index (κ2) is 5.79. The molecule has 1 amide bonds. The third-order valence-corrected chi connectivity index (χ3v) is 3.41. The Morgan fingerprint density at radius 3 is 3.14 bits per heavy atom. The Hall–Kier alpha value is -1.99. The molecule has 7 nitrogen and oxygen atoms in total. The quantitative estimate of drug-likeness (QED) is 0.805. The molecule has 0 spiro atoms. The summed E-state index contributed by atoms with van der Waals surface area (Å²) in [7, 11) is 1.60. The summed E-state index contributed by atoms with van der Waals surface area (Å²) in [6.45, 7) is 1.09. The second-order valence-corrected chi connectivity index (χ2v) is 4.93. The predicted molar refractivity (Wildman–Crippen MR) is 75.8 cm³/mol. The highest BCUT2D eigenvalue weighted by Gasteiger charge is 2.31. The first kappa shape index (κ1) is 14.0. The maximum Gasteiger partial charge on any atom is 0.253 e. The topological polar surface area (TPSA) is 81.2 Å². The molecule has 1 saturated heterocycles. The number of benzene rings is 1. The molecule has 2 aliphatic rings. The highest BCUT2D eigenvalue weighted by atomic mass is 35.5. The van der Waals surface area contributed by atoms with Crippen LogP contribution < -0.4 is 20.1 Å². The molecule has 1 atom stereocenters. The number of ether oxygens (including phenoxy) is 3. The summed E-state index contributed by atoms with van der Waals surface area (Å²) < 4.78 is 15.5. The molecular formula is C13H14ClN3O4. The van der Waals surface area contributed by atoms with Crippen LogP contribution in [0, 0.1) is 0 Å². The van der Waals surface area contributed by atoms with Crippen molar-refractivity contribution in [3.63, 3.8) is 0 Å². The summed E-state index contributed by atoms with van der Waals surface area (Å²) in [4.78, 5) is 16.2. The van der Waals surface area contributed by atoms with E-state index in [2.05, 4.69) is 15.6 Å².